The Morgan fingerprint density at radius 1 is 0.852 bits per heavy atom. The van der Waals surface area contributed by atoms with Crippen molar-refractivity contribution in [2.75, 3.05) is 6.61 Å². The monoisotopic (exact) mass is 372 g/mol. The minimum Gasteiger partial charge on any atom is -0.491 e. The molecule has 0 N–H and O–H groups in total. The standard InChI is InChI=1S/C22H19F3O2/c1-3-5-12-6-8-14-15-11-13-7-9-16(26-10-4-2)19(24)17(13)20(25)22(15)27-21(14)18(12)23/h6-9,11H,3-5,10H2,1-2H3. The number of furan rings is 1. The Hall–Kier alpha value is -2.69. The number of hydrogen-bond donors (Lipinski definition) is 0. The quantitative estimate of drug-likeness (QED) is 0.380. The van der Waals surface area contributed by atoms with Gasteiger partial charge in [-0.3, -0.25) is 0 Å². The predicted octanol–water partition coefficient (Wildman–Crippen LogP) is 6.90. The third kappa shape index (κ3) is 2.73. The van der Waals surface area contributed by atoms with Crippen molar-refractivity contribution >= 4 is 32.7 Å². The summed E-state index contributed by atoms with van der Waals surface area (Å²) >= 11 is 0. The van der Waals surface area contributed by atoms with Crippen LogP contribution in [0.2, 0.25) is 0 Å². The molecule has 0 aliphatic carbocycles. The minimum atomic E-state index is -0.838. The van der Waals surface area contributed by atoms with Crippen LogP contribution in [0.25, 0.3) is 32.7 Å². The van der Waals surface area contributed by atoms with Gasteiger partial charge >= 0.3 is 0 Å². The maximum absolute atomic E-state index is 15.1. The largest absolute Gasteiger partial charge is 0.491 e. The van der Waals surface area contributed by atoms with E-state index in [4.69, 9.17) is 9.15 Å². The molecule has 0 unspecified atom stereocenters. The van der Waals surface area contributed by atoms with Gasteiger partial charge in [0.05, 0.1) is 12.0 Å². The van der Waals surface area contributed by atoms with Crippen molar-refractivity contribution in [2.24, 2.45) is 0 Å². The average molecular weight is 372 g/mol. The van der Waals surface area contributed by atoms with Crippen LogP contribution in [-0.4, -0.2) is 6.61 Å². The molecule has 0 aliphatic rings. The van der Waals surface area contributed by atoms with E-state index >= 15 is 4.39 Å². The molecule has 140 valence electrons. The molecule has 0 saturated carbocycles. The summed E-state index contributed by atoms with van der Waals surface area (Å²) in [5.74, 6) is -2.10. The Morgan fingerprint density at radius 3 is 2.37 bits per heavy atom. The van der Waals surface area contributed by atoms with E-state index in [0.29, 0.717) is 41.2 Å². The Kier molecular flexibility index (Phi) is 4.46. The molecule has 0 aliphatic heterocycles. The zero-order chi connectivity index (χ0) is 19.1. The second-order valence-corrected chi connectivity index (χ2v) is 6.66. The van der Waals surface area contributed by atoms with Crippen LogP contribution >= 0.6 is 0 Å². The van der Waals surface area contributed by atoms with E-state index < -0.39 is 17.5 Å². The van der Waals surface area contributed by atoms with Crippen LogP contribution in [0, 0.1) is 17.5 Å². The van der Waals surface area contributed by atoms with Gasteiger partial charge in [-0.05, 0) is 42.0 Å². The van der Waals surface area contributed by atoms with Gasteiger partial charge in [-0.1, -0.05) is 32.4 Å². The highest BCUT2D eigenvalue weighted by molar-refractivity contribution is 6.10. The van der Waals surface area contributed by atoms with E-state index in [0.717, 1.165) is 6.42 Å². The first-order valence-electron chi connectivity index (χ1n) is 9.13. The molecule has 0 amide bonds. The van der Waals surface area contributed by atoms with Gasteiger partial charge in [0.15, 0.2) is 34.4 Å². The van der Waals surface area contributed by atoms with Crippen LogP contribution < -0.4 is 4.74 Å². The number of hydrogen-bond acceptors (Lipinski definition) is 2. The summed E-state index contributed by atoms with van der Waals surface area (Å²) in [6, 6.07) is 8.15. The second kappa shape index (κ2) is 6.80. The smallest absolute Gasteiger partial charge is 0.177 e. The summed E-state index contributed by atoms with van der Waals surface area (Å²) in [7, 11) is 0. The van der Waals surface area contributed by atoms with Crippen molar-refractivity contribution < 1.29 is 22.3 Å². The molecular formula is C22H19F3O2. The summed E-state index contributed by atoms with van der Waals surface area (Å²) in [5.41, 5.74) is 0.389. The summed E-state index contributed by atoms with van der Waals surface area (Å²) in [6.45, 7) is 4.19. The topological polar surface area (TPSA) is 22.4 Å². The minimum absolute atomic E-state index is 0.00452. The molecule has 1 aromatic heterocycles. The molecule has 1 heterocycles. The van der Waals surface area contributed by atoms with Crippen LogP contribution in [0.1, 0.15) is 32.3 Å². The molecule has 0 saturated heterocycles. The van der Waals surface area contributed by atoms with E-state index in [2.05, 4.69) is 0 Å². The highest BCUT2D eigenvalue weighted by Crippen LogP contribution is 2.39. The molecule has 0 atom stereocenters. The maximum atomic E-state index is 15.1. The van der Waals surface area contributed by atoms with Gasteiger partial charge in [0, 0.05) is 10.8 Å². The lowest BCUT2D eigenvalue weighted by Crippen LogP contribution is -1.98. The van der Waals surface area contributed by atoms with Crippen LogP contribution in [0.15, 0.2) is 34.7 Å². The molecule has 4 rings (SSSR count). The lowest BCUT2D eigenvalue weighted by Gasteiger charge is -2.09. The lowest BCUT2D eigenvalue weighted by atomic mass is 10.0. The summed E-state index contributed by atoms with van der Waals surface area (Å²) in [6.07, 6.45) is 2.06. The number of benzene rings is 3. The van der Waals surface area contributed by atoms with Crippen LogP contribution in [0.5, 0.6) is 5.75 Å². The number of aryl methyl sites for hydroxylation is 1. The molecule has 3 aromatic carbocycles. The van der Waals surface area contributed by atoms with E-state index in [1.807, 2.05) is 13.8 Å². The molecular weight excluding hydrogens is 353 g/mol. The zero-order valence-electron chi connectivity index (χ0n) is 15.2. The molecule has 0 bridgehead atoms. The molecule has 0 fully saturated rings. The van der Waals surface area contributed by atoms with Gasteiger partial charge in [-0.2, -0.15) is 0 Å². The first-order chi connectivity index (χ1) is 13.1. The highest BCUT2D eigenvalue weighted by Gasteiger charge is 2.21. The van der Waals surface area contributed by atoms with Crippen molar-refractivity contribution in [3.63, 3.8) is 0 Å². The highest BCUT2D eigenvalue weighted by atomic mass is 19.1. The normalized spacial score (nSPS) is 11.7. The van der Waals surface area contributed by atoms with Gasteiger partial charge in [0.2, 0.25) is 0 Å². The lowest BCUT2D eigenvalue weighted by molar-refractivity contribution is 0.302. The van der Waals surface area contributed by atoms with Crippen LogP contribution in [0.4, 0.5) is 13.2 Å². The molecule has 0 spiro atoms. The summed E-state index contributed by atoms with van der Waals surface area (Å²) in [4.78, 5) is 0. The van der Waals surface area contributed by atoms with E-state index in [9.17, 15) is 8.78 Å². The number of ether oxygens (including phenoxy) is 1. The van der Waals surface area contributed by atoms with Gasteiger partial charge in [-0.25, -0.2) is 13.2 Å². The third-order valence-corrected chi connectivity index (χ3v) is 4.75. The molecule has 27 heavy (non-hydrogen) atoms. The fourth-order valence-corrected chi connectivity index (χ4v) is 3.46. The molecule has 0 radical (unpaired) electrons. The number of fused-ring (bicyclic) bond motifs is 4. The fraction of sp³-hybridized carbons (Fsp3) is 0.273. The Bertz CT molecular complexity index is 1160. The zero-order valence-corrected chi connectivity index (χ0v) is 15.2. The Labute approximate surface area is 154 Å². The Morgan fingerprint density at radius 2 is 1.63 bits per heavy atom. The predicted molar refractivity (Wildman–Crippen MR) is 101 cm³/mol. The van der Waals surface area contributed by atoms with Crippen molar-refractivity contribution in [3.8, 4) is 5.75 Å². The van der Waals surface area contributed by atoms with Gasteiger partial charge in [0.25, 0.3) is 0 Å². The van der Waals surface area contributed by atoms with E-state index in [-0.39, 0.29) is 22.3 Å². The average Bonchev–Trinajstić information content (AvgIpc) is 3.03. The summed E-state index contributed by atoms with van der Waals surface area (Å²) in [5, 5.41) is 1.08. The van der Waals surface area contributed by atoms with Crippen molar-refractivity contribution in [1.82, 2.24) is 0 Å². The number of rotatable bonds is 5. The van der Waals surface area contributed by atoms with Crippen molar-refractivity contribution in [3.05, 3.63) is 53.3 Å². The van der Waals surface area contributed by atoms with E-state index in [1.165, 1.54) is 6.07 Å². The maximum Gasteiger partial charge on any atom is 0.177 e. The van der Waals surface area contributed by atoms with Gasteiger partial charge in [0.1, 0.15) is 0 Å². The van der Waals surface area contributed by atoms with Gasteiger partial charge in [-0.15, -0.1) is 0 Å². The van der Waals surface area contributed by atoms with Crippen LogP contribution in [0.3, 0.4) is 0 Å². The molecule has 2 nitrogen and oxygen atoms in total. The fourth-order valence-electron chi connectivity index (χ4n) is 3.46. The second-order valence-electron chi connectivity index (χ2n) is 6.66. The van der Waals surface area contributed by atoms with E-state index in [1.54, 1.807) is 24.3 Å². The van der Waals surface area contributed by atoms with Crippen molar-refractivity contribution in [1.29, 1.82) is 0 Å². The first kappa shape index (κ1) is 17.7. The van der Waals surface area contributed by atoms with Crippen LogP contribution in [-0.2, 0) is 6.42 Å². The summed E-state index contributed by atoms with van der Waals surface area (Å²) < 4.78 is 55.6. The number of halogens is 3. The SMILES string of the molecule is CCCOc1ccc2cc3c(oc4c(F)c(CCC)ccc43)c(F)c2c1F. The molecule has 5 heteroatoms. The van der Waals surface area contributed by atoms with Crippen molar-refractivity contribution in [2.45, 2.75) is 33.1 Å². The molecule has 4 aromatic rings. The van der Waals surface area contributed by atoms with Gasteiger partial charge < -0.3 is 9.15 Å². The first-order valence-corrected chi connectivity index (χ1v) is 9.13. The Balaban J connectivity index is 2.02. The third-order valence-electron chi connectivity index (χ3n) is 4.75.